The fraction of sp³-hybridized carbons (Fsp3) is 0.538. The van der Waals surface area contributed by atoms with Crippen molar-refractivity contribution in [3.05, 3.63) is 29.6 Å². The van der Waals surface area contributed by atoms with Gasteiger partial charge in [-0.15, -0.1) is 0 Å². The zero-order chi connectivity index (χ0) is 13.5. The van der Waals surface area contributed by atoms with Gasteiger partial charge in [-0.25, -0.2) is 4.39 Å². The maximum absolute atomic E-state index is 13.1. The number of ether oxygens (including phenoxy) is 2. The molecule has 0 aliphatic rings. The largest absolute Gasteiger partial charge is 0.490 e. The summed E-state index contributed by atoms with van der Waals surface area (Å²) in [5, 5.41) is 9.57. The van der Waals surface area contributed by atoms with Gasteiger partial charge in [-0.05, 0) is 19.9 Å². The van der Waals surface area contributed by atoms with Crippen molar-refractivity contribution in [3.63, 3.8) is 0 Å². The first kappa shape index (κ1) is 14.9. The highest BCUT2D eigenvalue weighted by Crippen LogP contribution is 2.24. The van der Waals surface area contributed by atoms with Crippen LogP contribution in [0.4, 0.5) is 4.39 Å². The number of aliphatic hydroxyl groups is 1. The number of benzene rings is 1. The quantitative estimate of drug-likeness (QED) is 0.779. The number of rotatable bonds is 7. The summed E-state index contributed by atoms with van der Waals surface area (Å²) in [4.78, 5) is 0. The molecule has 0 heterocycles. The van der Waals surface area contributed by atoms with Gasteiger partial charge in [0, 0.05) is 24.3 Å². The number of aliphatic hydroxyl groups excluding tert-OH is 1. The van der Waals surface area contributed by atoms with Crippen LogP contribution in [-0.2, 0) is 4.74 Å². The molecule has 102 valence electrons. The molecule has 1 aromatic carbocycles. The van der Waals surface area contributed by atoms with E-state index >= 15 is 0 Å². The third-order valence-corrected chi connectivity index (χ3v) is 2.41. The van der Waals surface area contributed by atoms with Gasteiger partial charge in [0.05, 0.1) is 6.61 Å². The summed E-state index contributed by atoms with van der Waals surface area (Å²) in [6.07, 6.45) is -0.742. The monoisotopic (exact) mass is 257 g/mol. The highest BCUT2D eigenvalue weighted by Gasteiger charge is 2.11. The van der Waals surface area contributed by atoms with Gasteiger partial charge < -0.3 is 20.3 Å². The molecule has 0 aliphatic carbocycles. The lowest BCUT2D eigenvalue weighted by atomic mass is 10.1. The maximum Gasteiger partial charge on any atom is 0.127 e. The van der Waals surface area contributed by atoms with Crippen molar-refractivity contribution < 1.29 is 19.0 Å². The molecule has 0 spiro atoms. The van der Waals surface area contributed by atoms with Gasteiger partial charge in [0.1, 0.15) is 24.3 Å². The van der Waals surface area contributed by atoms with E-state index in [1.54, 1.807) is 13.0 Å². The summed E-state index contributed by atoms with van der Waals surface area (Å²) in [5.74, 6) is -0.0331. The number of hydrogen-bond donors (Lipinski definition) is 2. The Labute approximate surface area is 107 Å². The molecule has 0 bridgehead atoms. The molecule has 0 fully saturated rings. The van der Waals surface area contributed by atoms with Crippen LogP contribution in [0.2, 0.25) is 0 Å². The predicted molar refractivity (Wildman–Crippen MR) is 67.0 cm³/mol. The van der Waals surface area contributed by atoms with Crippen molar-refractivity contribution in [3.8, 4) is 5.75 Å². The molecule has 0 saturated heterocycles. The summed E-state index contributed by atoms with van der Waals surface area (Å²) in [7, 11) is 0. The highest BCUT2D eigenvalue weighted by molar-refractivity contribution is 5.36. The van der Waals surface area contributed by atoms with Crippen molar-refractivity contribution in [1.82, 2.24) is 0 Å². The number of halogens is 1. The molecular weight excluding hydrogens is 237 g/mol. The van der Waals surface area contributed by atoms with E-state index < -0.39 is 11.9 Å². The first-order valence-electron chi connectivity index (χ1n) is 5.98. The first-order valence-corrected chi connectivity index (χ1v) is 5.98. The van der Waals surface area contributed by atoms with Crippen LogP contribution in [0, 0.1) is 5.82 Å². The zero-order valence-corrected chi connectivity index (χ0v) is 10.7. The normalized spacial score (nSPS) is 14.3. The Balaban J connectivity index is 2.62. The molecule has 1 rings (SSSR count). The van der Waals surface area contributed by atoms with Crippen LogP contribution in [0.15, 0.2) is 18.2 Å². The average molecular weight is 257 g/mol. The van der Waals surface area contributed by atoms with E-state index in [1.165, 1.54) is 12.1 Å². The molecule has 2 atom stereocenters. The molecular formula is C13H20FNO3. The van der Waals surface area contributed by atoms with Crippen molar-refractivity contribution in [2.45, 2.75) is 26.0 Å². The van der Waals surface area contributed by atoms with Crippen LogP contribution in [0.5, 0.6) is 5.75 Å². The van der Waals surface area contributed by atoms with Gasteiger partial charge >= 0.3 is 0 Å². The van der Waals surface area contributed by atoms with Crippen molar-refractivity contribution >= 4 is 0 Å². The van der Waals surface area contributed by atoms with Gasteiger partial charge in [-0.1, -0.05) is 6.07 Å². The smallest absolute Gasteiger partial charge is 0.127 e. The fourth-order valence-corrected chi connectivity index (χ4v) is 1.50. The lowest BCUT2D eigenvalue weighted by Crippen LogP contribution is -2.24. The summed E-state index contributed by atoms with van der Waals surface area (Å²) >= 11 is 0. The molecule has 0 amide bonds. The van der Waals surface area contributed by atoms with Gasteiger partial charge in [-0.3, -0.25) is 0 Å². The summed E-state index contributed by atoms with van der Waals surface area (Å²) in [6.45, 7) is 4.40. The summed E-state index contributed by atoms with van der Waals surface area (Å²) in [5.41, 5.74) is 6.47. The van der Waals surface area contributed by atoms with E-state index in [0.717, 1.165) is 0 Å². The standard InChI is InChI=1S/C13H20FNO3/c1-3-17-7-11(16)8-18-13-6-10(14)4-5-12(13)9(2)15/h4-6,9,11,16H,3,7-8,15H2,1-2H3/t9-,11?/m0/s1. The minimum absolute atomic E-state index is 0.0448. The van der Waals surface area contributed by atoms with Gasteiger partial charge in [0.25, 0.3) is 0 Å². The minimum Gasteiger partial charge on any atom is -0.490 e. The van der Waals surface area contributed by atoms with E-state index in [2.05, 4.69) is 0 Å². The third-order valence-electron chi connectivity index (χ3n) is 2.41. The highest BCUT2D eigenvalue weighted by atomic mass is 19.1. The summed E-state index contributed by atoms with van der Waals surface area (Å²) < 4.78 is 23.6. The number of hydrogen-bond acceptors (Lipinski definition) is 4. The molecule has 0 aromatic heterocycles. The molecule has 4 nitrogen and oxygen atoms in total. The van der Waals surface area contributed by atoms with E-state index in [0.29, 0.717) is 17.9 Å². The van der Waals surface area contributed by atoms with Crippen molar-refractivity contribution in [2.75, 3.05) is 19.8 Å². The van der Waals surface area contributed by atoms with E-state index in [4.69, 9.17) is 15.2 Å². The molecule has 0 radical (unpaired) electrons. The fourth-order valence-electron chi connectivity index (χ4n) is 1.50. The SMILES string of the molecule is CCOCC(O)COc1cc(F)ccc1[C@H](C)N. The van der Waals surface area contributed by atoms with E-state index in [-0.39, 0.29) is 19.3 Å². The Bertz CT molecular complexity index is 371. The third kappa shape index (κ3) is 4.60. The van der Waals surface area contributed by atoms with Crippen LogP contribution >= 0.6 is 0 Å². The van der Waals surface area contributed by atoms with Crippen molar-refractivity contribution in [1.29, 1.82) is 0 Å². The molecule has 0 aliphatic heterocycles. The second-order valence-corrected chi connectivity index (χ2v) is 4.10. The van der Waals surface area contributed by atoms with E-state index in [1.807, 2.05) is 6.92 Å². The molecule has 1 unspecified atom stereocenters. The van der Waals surface area contributed by atoms with Crippen molar-refractivity contribution in [2.24, 2.45) is 5.73 Å². The van der Waals surface area contributed by atoms with Gasteiger partial charge in [0.15, 0.2) is 0 Å². The Hall–Kier alpha value is -1.17. The molecule has 5 heteroatoms. The zero-order valence-electron chi connectivity index (χ0n) is 10.7. The Morgan fingerprint density at radius 2 is 2.11 bits per heavy atom. The van der Waals surface area contributed by atoms with Crippen LogP contribution < -0.4 is 10.5 Å². The topological polar surface area (TPSA) is 64.7 Å². The van der Waals surface area contributed by atoms with Gasteiger partial charge in [-0.2, -0.15) is 0 Å². The first-order chi connectivity index (χ1) is 8.54. The Kier molecular flexibility index (Phi) is 6.04. The molecule has 0 saturated carbocycles. The van der Waals surface area contributed by atoms with Crippen LogP contribution in [-0.4, -0.2) is 31.0 Å². The molecule has 3 N–H and O–H groups in total. The molecule has 1 aromatic rings. The average Bonchev–Trinajstić information content (AvgIpc) is 2.33. The Morgan fingerprint density at radius 3 is 2.72 bits per heavy atom. The summed E-state index contributed by atoms with van der Waals surface area (Å²) in [6, 6.07) is 3.93. The second-order valence-electron chi connectivity index (χ2n) is 4.10. The van der Waals surface area contributed by atoms with Crippen LogP contribution in [0.1, 0.15) is 25.5 Å². The number of nitrogens with two attached hydrogens (primary N) is 1. The molecule has 18 heavy (non-hydrogen) atoms. The van der Waals surface area contributed by atoms with Crippen LogP contribution in [0.25, 0.3) is 0 Å². The lowest BCUT2D eigenvalue weighted by Gasteiger charge is -2.16. The van der Waals surface area contributed by atoms with Crippen LogP contribution in [0.3, 0.4) is 0 Å². The Morgan fingerprint density at radius 1 is 1.39 bits per heavy atom. The lowest BCUT2D eigenvalue weighted by molar-refractivity contribution is 0.0161. The predicted octanol–water partition coefficient (Wildman–Crippen LogP) is 1.62. The van der Waals surface area contributed by atoms with E-state index in [9.17, 15) is 9.50 Å². The van der Waals surface area contributed by atoms with Gasteiger partial charge in [0.2, 0.25) is 0 Å². The maximum atomic E-state index is 13.1. The minimum atomic E-state index is -0.742. The second kappa shape index (κ2) is 7.31.